The Morgan fingerprint density at radius 2 is 1.89 bits per heavy atom. The minimum atomic E-state index is -0.359. The lowest BCUT2D eigenvalue weighted by Gasteiger charge is -2.18. The molecular weight excluding hydrogens is 269 g/mol. The van der Waals surface area contributed by atoms with Gasteiger partial charge in [0.2, 0.25) is 0 Å². The summed E-state index contributed by atoms with van der Waals surface area (Å²) in [5, 5.41) is 0.523. The Balaban J connectivity index is 0.00000120. The number of nitrogens with zero attached hydrogens (tertiary/aromatic N) is 1. The van der Waals surface area contributed by atoms with Gasteiger partial charge >= 0.3 is 0 Å². The van der Waals surface area contributed by atoms with Crippen LogP contribution in [0.15, 0.2) is 24.3 Å². The van der Waals surface area contributed by atoms with E-state index in [9.17, 15) is 4.79 Å². The fourth-order valence-corrected chi connectivity index (χ4v) is 2.81. The van der Waals surface area contributed by atoms with Crippen LogP contribution >= 0.6 is 24.0 Å². The Labute approximate surface area is 117 Å². The molecule has 0 radical (unpaired) electrons. The molecule has 1 aliphatic carbocycles. The van der Waals surface area contributed by atoms with Crippen LogP contribution in [0.3, 0.4) is 0 Å². The monoisotopic (exact) mass is 281 g/mol. The zero-order valence-electron chi connectivity index (χ0n) is 9.78. The Bertz CT molecular complexity index is 610. The minimum Gasteiger partial charge on any atom is -0.276 e. The van der Waals surface area contributed by atoms with Gasteiger partial charge < -0.3 is 0 Å². The van der Waals surface area contributed by atoms with E-state index in [-0.39, 0.29) is 17.6 Å². The van der Waals surface area contributed by atoms with Gasteiger partial charge in [0.25, 0.3) is 5.24 Å². The number of rotatable bonds is 1. The SMILES string of the molecule is Cl.O=C(Cl)c1c2c(nc3ccccc13)CCCC2. The lowest BCUT2D eigenvalue weighted by molar-refractivity contribution is 0.108. The summed E-state index contributed by atoms with van der Waals surface area (Å²) in [5.41, 5.74) is 3.66. The highest BCUT2D eigenvalue weighted by atomic mass is 35.5. The predicted octanol–water partition coefficient (Wildman–Crippen LogP) is 3.91. The molecule has 1 aromatic carbocycles. The number of pyridine rings is 1. The fourth-order valence-electron chi connectivity index (χ4n) is 2.60. The van der Waals surface area contributed by atoms with E-state index >= 15 is 0 Å². The van der Waals surface area contributed by atoms with Gasteiger partial charge in [0, 0.05) is 16.6 Å². The van der Waals surface area contributed by atoms with E-state index in [0.29, 0.717) is 5.56 Å². The Morgan fingerprint density at radius 1 is 1.17 bits per heavy atom. The van der Waals surface area contributed by atoms with E-state index in [1.807, 2.05) is 24.3 Å². The zero-order valence-corrected chi connectivity index (χ0v) is 11.4. The highest BCUT2D eigenvalue weighted by Gasteiger charge is 2.20. The third-order valence-corrected chi connectivity index (χ3v) is 3.55. The maximum absolute atomic E-state index is 11.7. The van der Waals surface area contributed by atoms with Crippen molar-refractivity contribution in [1.29, 1.82) is 0 Å². The van der Waals surface area contributed by atoms with Gasteiger partial charge in [0.05, 0.1) is 5.52 Å². The first-order chi connectivity index (χ1) is 8.27. The quantitative estimate of drug-likeness (QED) is 0.742. The molecule has 0 amide bonds. The maximum atomic E-state index is 11.7. The van der Waals surface area contributed by atoms with E-state index in [1.54, 1.807) is 0 Å². The third kappa shape index (κ3) is 2.11. The molecule has 0 fully saturated rings. The average molecular weight is 282 g/mol. The van der Waals surface area contributed by atoms with E-state index in [4.69, 9.17) is 11.6 Å². The maximum Gasteiger partial charge on any atom is 0.253 e. The summed E-state index contributed by atoms with van der Waals surface area (Å²) < 4.78 is 0. The van der Waals surface area contributed by atoms with Crippen LogP contribution in [0.25, 0.3) is 10.9 Å². The molecule has 3 rings (SSSR count). The molecule has 0 aliphatic heterocycles. The number of para-hydroxylation sites is 1. The second kappa shape index (κ2) is 5.25. The number of carbonyl (C=O) groups is 1. The normalized spacial score (nSPS) is 13.8. The van der Waals surface area contributed by atoms with E-state index in [1.165, 1.54) is 0 Å². The van der Waals surface area contributed by atoms with Gasteiger partial charge in [-0.1, -0.05) is 18.2 Å². The van der Waals surface area contributed by atoms with Crippen molar-refractivity contribution in [2.75, 3.05) is 0 Å². The molecular formula is C14H13Cl2NO. The first-order valence-electron chi connectivity index (χ1n) is 5.87. The lowest BCUT2D eigenvalue weighted by atomic mass is 9.90. The summed E-state index contributed by atoms with van der Waals surface area (Å²) >= 11 is 5.75. The molecule has 18 heavy (non-hydrogen) atoms. The topological polar surface area (TPSA) is 30.0 Å². The van der Waals surface area contributed by atoms with Crippen molar-refractivity contribution in [3.05, 3.63) is 41.1 Å². The molecule has 0 saturated heterocycles. The van der Waals surface area contributed by atoms with Crippen molar-refractivity contribution >= 4 is 40.2 Å². The Kier molecular flexibility index (Phi) is 3.88. The van der Waals surface area contributed by atoms with E-state index in [0.717, 1.165) is 47.8 Å². The molecule has 4 heteroatoms. The smallest absolute Gasteiger partial charge is 0.253 e. The Morgan fingerprint density at radius 3 is 2.67 bits per heavy atom. The molecule has 0 bridgehead atoms. The third-order valence-electron chi connectivity index (χ3n) is 3.37. The van der Waals surface area contributed by atoms with Crippen molar-refractivity contribution in [1.82, 2.24) is 4.98 Å². The van der Waals surface area contributed by atoms with Crippen molar-refractivity contribution in [2.45, 2.75) is 25.7 Å². The summed E-state index contributed by atoms with van der Waals surface area (Å²) in [6, 6.07) is 7.72. The first kappa shape index (κ1) is 13.3. The van der Waals surface area contributed by atoms with Crippen LogP contribution in [-0.4, -0.2) is 10.2 Å². The Hall–Kier alpha value is -1.12. The zero-order chi connectivity index (χ0) is 11.8. The molecule has 94 valence electrons. The molecule has 0 atom stereocenters. The van der Waals surface area contributed by atoms with Gasteiger partial charge in [-0.3, -0.25) is 9.78 Å². The van der Waals surface area contributed by atoms with Crippen molar-refractivity contribution in [3.63, 3.8) is 0 Å². The highest BCUT2D eigenvalue weighted by Crippen LogP contribution is 2.30. The number of aromatic nitrogens is 1. The molecule has 0 N–H and O–H groups in total. The van der Waals surface area contributed by atoms with Crippen LogP contribution < -0.4 is 0 Å². The summed E-state index contributed by atoms with van der Waals surface area (Å²) in [6.45, 7) is 0. The van der Waals surface area contributed by atoms with Crippen molar-refractivity contribution in [2.24, 2.45) is 0 Å². The summed E-state index contributed by atoms with van der Waals surface area (Å²) in [4.78, 5) is 16.3. The molecule has 2 aromatic rings. The lowest BCUT2D eigenvalue weighted by Crippen LogP contribution is -2.11. The first-order valence-corrected chi connectivity index (χ1v) is 6.25. The van der Waals surface area contributed by atoms with E-state index < -0.39 is 0 Å². The van der Waals surface area contributed by atoms with Gasteiger partial charge in [-0.15, -0.1) is 12.4 Å². The van der Waals surface area contributed by atoms with E-state index in [2.05, 4.69) is 4.98 Å². The summed E-state index contributed by atoms with van der Waals surface area (Å²) in [5.74, 6) is 0. The number of carbonyl (C=O) groups excluding carboxylic acids is 1. The van der Waals surface area contributed by atoms with Crippen LogP contribution in [0.1, 0.15) is 34.5 Å². The summed E-state index contributed by atoms with van der Waals surface area (Å²) in [6.07, 6.45) is 4.14. The standard InChI is InChI=1S/C14H12ClNO.ClH/c15-14(17)13-9-5-1-3-7-11(9)16-12-8-4-2-6-10(12)13;/h1,3,5,7H,2,4,6,8H2;1H. The van der Waals surface area contributed by atoms with Crippen LogP contribution in [0.2, 0.25) is 0 Å². The minimum absolute atomic E-state index is 0. The number of aryl methyl sites for hydroxylation is 1. The van der Waals surface area contributed by atoms with Gasteiger partial charge in [-0.25, -0.2) is 0 Å². The molecule has 0 unspecified atom stereocenters. The van der Waals surface area contributed by atoms with Gasteiger partial charge in [-0.2, -0.15) is 0 Å². The highest BCUT2D eigenvalue weighted by molar-refractivity contribution is 6.68. The van der Waals surface area contributed by atoms with Crippen molar-refractivity contribution < 1.29 is 4.79 Å². The molecule has 1 heterocycles. The molecule has 1 aromatic heterocycles. The molecule has 0 saturated carbocycles. The van der Waals surface area contributed by atoms with Gasteiger partial charge in [-0.05, 0) is 48.9 Å². The average Bonchev–Trinajstić information content (AvgIpc) is 2.35. The molecule has 1 aliphatic rings. The second-order valence-electron chi connectivity index (χ2n) is 4.41. The summed E-state index contributed by atoms with van der Waals surface area (Å²) in [7, 11) is 0. The largest absolute Gasteiger partial charge is 0.276 e. The molecule has 0 spiro atoms. The van der Waals surface area contributed by atoms with Gasteiger partial charge in [0.1, 0.15) is 0 Å². The predicted molar refractivity (Wildman–Crippen MR) is 75.8 cm³/mol. The number of halogens is 2. The number of hydrogen-bond acceptors (Lipinski definition) is 2. The fraction of sp³-hybridized carbons (Fsp3) is 0.286. The van der Waals surface area contributed by atoms with Crippen LogP contribution in [-0.2, 0) is 12.8 Å². The van der Waals surface area contributed by atoms with Crippen molar-refractivity contribution in [3.8, 4) is 0 Å². The van der Waals surface area contributed by atoms with Crippen LogP contribution in [0.5, 0.6) is 0 Å². The number of hydrogen-bond donors (Lipinski definition) is 0. The van der Waals surface area contributed by atoms with Crippen LogP contribution in [0, 0.1) is 0 Å². The van der Waals surface area contributed by atoms with Crippen LogP contribution in [0.4, 0.5) is 0 Å². The second-order valence-corrected chi connectivity index (χ2v) is 4.75. The van der Waals surface area contributed by atoms with Gasteiger partial charge in [0.15, 0.2) is 0 Å². The number of benzene rings is 1. The molecule has 2 nitrogen and oxygen atoms in total. The number of fused-ring (bicyclic) bond motifs is 2.